The van der Waals surface area contributed by atoms with Gasteiger partial charge < -0.3 is 31.4 Å². The van der Waals surface area contributed by atoms with Crippen molar-refractivity contribution in [3.05, 3.63) is 135 Å². The summed E-state index contributed by atoms with van der Waals surface area (Å²) >= 11 is 0. The summed E-state index contributed by atoms with van der Waals surface area (Å²) in [5, 5.41) is 22.3. The molecule has 9 rings (SSSR count). The van der Waals surface area contributed by atoms with Gasteiger partial charge in [-0.2, -0.15) is 0 Å². The van der Waals surface area contributed by atoms with Gasteiger partial charge in [0, 0.05) is 65.3 Å². The van der Waals surface area contributed by atoms with Gasteiger partial charge in [-0.3, -0.25) is 9.59 Å². The Morgan fingerprint density at radius 1 is 0.951 bits per heavy atom. The van der Waals surface area contributed by atoms with Crippen molar-refractivity contribution in [2.24, 2.45) is 40.1 Å². The highest BCUT2D eigenvalue weighted by atomic mass is 33.1. The summed E-state index contributed by atoms with van der Waals surface area (Å²) in [7, 11) is 3.74. The maximum absolute atomic E-state index is 14.2. The number of carbonyl (C=O) groups excluding carboxylic acids is 2. The van der Waals surface area contributed by atoms with Crippen LogP contribution in [-0.2, 0) is 29.8 Å². The predicted octanol–water partition coefficient (Wildman–Crippen LogP) is 9.62. The lowest BCUT2D eigenvalue weighted by Gasteiger charge is -2.50. The molecule has 4 aromatic rings. The molecule has 5 aliphatic rings. The molecular weight excluding hydrogens is 799 g/mol. The fraction of sp³-hybridized carbons (Fsp3) is 0.412. The standard InChI is InChI=1S/C51H55N3O5S2/c1-2-4-43-34-10-11-36-27-50(43)18-15-37(55)12-7-31-9-14-46(57)48(22-31)59-20-17-32-8-13-45(56)42(21-32)41-25-47(58)38-16-19-54-44(38)6-3-5-33-23-40(49(52)53)35(24-39(33)41)28-60-61-30-51(36,26-34)29-50/h8-11,13-16,18-19,21-24,34,36,41,43,49,54,56-57H,2,4,6-7,12,17,20,25-30,52-53H2,1H3. The molecule has 0 amide bonds. The first-order chi connectivity index (χ1) is 29.5. The zero-order valence-corrected chi connectivity index (χ0v) is 36.4. The third-order valence-corrected chi connectivity index (χ3v) is 16.8. The molecule has 6 atom stereocenters. The second-order valence-corrected chi connectivity index (χ2v) is 20.5. The average molecular weight is 854 g/mol. The number of nitrogens with one attached hydrogen (secondary N) is 1. The number of aromatic nitrogens is 1. The summed E-state index contributed by atoms with van der Waals surface area (Å²) in [5.41, 5.74) is 20.4. The van der Waals surface area contributed by atoms with Crippen LogP contribution in [0, 0.1) is 40.4 Å². The van der Waals surface area contributed by atoms with E-state index in [0.29, 0.717) is 66.1 Å². The Hall–Kier alpha value is -4.66. The molecule has 4 aliphatic carbocycles. The van der Waals surface area contributed by atoms with Crippen LogP contribution in [0.4, 0.5) is 0 Å². The summed E-state index contributed by atoms with van der Waals surface area (Å²) < 4.78 is 6.17. The number of ketones is 2. The van der Waals surface area contributed by atoms with E-state index in [0.717, 1.165) is 70.5 Å². The van der Waals surface area contributed by atoms with E-state index in [4.69, 9.17) is 16.2 Å². The van der Waals surface area contributed by atoms with E-state index in [1.54, 1.807) is 18.3 Å². The van der Waals surface area contributed by atoms with Gasteiger partial charge in [-0.05, 0) is 125 Å². The molecule has 10 heteroatoms. The van der Waals surface area contributed by atoms with Gasteiger partial charge in [0.15, 0.2) is 23.1 Å². The summed E-state index contributed by atoms with van der Waals surface area (Å²) in [5.74, 6) is 9.94. The SMILES string of the molecule is CCCC1C2C=CC3CC14C=CC(=O)CCc1ccc(O)c(c1)OCCc1ccc(O)c(c1)C1CC(=O)c5cc[nH]c5CC#Cc5cc(C(N)N)c(cc51)CSSCC3(C2)C4. The van der Waals surface area contributed by atoms with E-state index >= 15 is 0 Å². The Kier molecular flexibility index (Phi) is 11.8. The number of H-pyrrole nitrogens is 1. The molecule has 7 N–H and O–H groups in total. The van der Waals surface area contributed by atoms with Crippen molar-refractivity contribution in [2.45, 2.75) is 89.0 Å². The third kappa shape index (κ3) is 8.23. The molecule has 2 heterocycles. The van der Waals surface area contributed by atoms with E-state index in [2.05, 4.69) is 48.0 Å². The van der Waals surface area contributed by atoms with Crippen LogP contribution in [0.25, 0.3) is 0 Å². The Bertz CT molecular complexity index is 2480. The molecule has 61 heavy (non-hydrogen) atoms. The van der Waals surface area contributed by atoms with E-state index in [-0.39, 0.29) is 46.9 Å². The topological polar surface area (TPSA) is 152 Å². The van der Waals surface area contributed by atoms with Crippen LogP contribution in [0.1, 0.15) is 119 Å². The highest BCUT2D eigenvalue weighted by Gasteiger charge is 2.62. The van der Waals surface area contributed by atoms with Gasteiger partial charge in [-0.25, -0.2) is 0 Å². The lowest BCUT2D eigenvalue weighted by atomic mass is 9.56. The highest BCUT2D eigenvalue weighted by Crippen LogP contribution is 2.70. The molecule has 316 valence electrons. The number of fused-ring (bicyclic) bond motifs is 8. The first-order valence-corrected chi connectivity index (χ1v) is 24.3. The largest absolute Gasteiger partial charge is 0.508 e. The van der Waals surface area contributed by atoms with Gasteiger partial charge in [0.25, 0.3) is 0 Å². The number of Topliss-reactive ketones (excluding diaryl/α,β-unsaturated/α-hetero) is 1. The number of allylic oxidation sites excluding steroid dienone is 4. The summed E-state index contributed by atoms with van der Waals surface area (Å²) in [6.07, 6.45) is 17.8. The molecule has 3 aromatic carbocycles. The van der Waals surface area contributed by atoms with Gasteiger partial charge in [0.2, 0.25) is 0 Å². The van der Waals surface area contributed by atoms with Crippen LogP contribution in [0.5, 0.6) is 17.2 Å². The fourth-order valence-corrected chi connectivity index (χ4v) is 14.1. The van der Waals surface area contributed by atoms with Crippen molar-refractivity contribution in [1.29, 1.82) is 0 Å². The number of rotatable bonds is 3. The number of hydrogen-bond donors (Lipinski definition) is 5. The summed E-state index contributed by atoms with van der Waals surface area (Å²) in [6, 6.07) is 16.8. The minimum absolute atomic E-state index is 0.0104. The number of aromatic amines is 1. The van der Waals surface area contributed by atoms with Crippen LogP contribution >= 0.6 is 21.6 Å². The van der Waals surface area contributed by atoms with E-state index < -0.39 is 12.1 Å². The zero-order chi connectivity index (χ0) is 42.3. The Morgan fingerprint density at radius 3 is 2.62 bits per heavy atom. The smallest absolute Gasteiger partial charge is 0.165 e. The average Bonchev–Trinajstić information content (AvgIpc) is 3.80. The molecule has 0 saturated heterocycles. The second-order valence-electron chi connectivity index (χ2n) is 18.0. The number of aryl methyl sites for hydroxylation is 1. The third-order valence-electron chi connectivity index (χ3n) is 14.3. The number of hydrogen-bond acceptors (Lipinski definition) is 9. The Labute approximate surface area is 366 Å². The van der Waals surface area contributed by atoms with Gasteiger partial charge in [0.1, 0.15) is 5.75 Å². The predicted molar refractivity (Wildman–Crippen MR) is 245 cm³/mol. The van der Waals surface area contributed by atoms with Gasteiger partial charge in [-0.15, -0.1) is 0 Å². The van der Waals surface area contributed by atoms with Crippen molar-refractivity contribution < 1.29 is 24.5 Å². The molecule has 8 nitrogen and oxygen atoms in total. The number of carbonyl (C=O) groups is 2. The second kappa shape index (κ2) is 17.2. The summed E-state index contributed by atoms with van der Waals surface area (Å²) in [4.78, 5) is 31.0. The highest BCUT2D eigenvalue weighted by molar-refractivity contribution is 8.76. The normalized spacial score (nSPS) is 27.3. The Morgan fingerprint density at radius 2 is 1.79 bits per heavy atom. The van der Waals surface area contributed by atoms with Crippen molar-refractivity contribution in [1.82, 2.24) is 4.98 Å². The van der Waals surface area contributed by atoms with Gasteiger partial charge in [0.05, 0.1) is 19.2 Å². The lowest BCUT2D eigenvalue weighted by Crippen LogP contribution is -2.43. The minimum Gasteiger partial charge on any atom is -0.508 e. The maximum Gasteiger partial charge on any atom is 0.165 e. The molecule has 2 saturated carbocycles. The molecular formula is C51H55N3O5S2. The van der Waals surface area contributed by atoms with E-state index in [1.807, 2.05) is 64.1 Å². The molecule has 2 fully saturated rings. The van der Waals surface area contributed by atoms with Crippen molar-refractivity contribution in [3.8, 4) is 29.1 Å². The molecule has 9 bridgehead atoms. The Balaban J connectivity index is 1.11. The first kappa shape index (κ1) is 41.7. The van der Waals surface area contributed by atoms with Crippen LogP contribution in [-0.4, -0.2) is 39.1 Å². The van der Waals surface area contributed by atoms with Crippen molar-refractivity contribution >= 4 is 33.2 Å². The first-order valence-electron chi connectivity index (χ1n) is 21.8. The monoisotopic (exact) mass is 853 g/mol. The van der Waals surface area contributed by atoms with Crippen molar-refractivity contribution in [3.63, 3.8) is 0 Å². The number of aromatic hydroxyl groups is 2. The molecule has 1 aliphatic heterocycles. The van der Waals surface area contributed by atoms with Crippen LogP contribution in [0.15, 0.2) is 85.1 Å². The maximum atomic E-state index is 14.2. The number of phenolic OH excluding ortho intramolecular Hbond substituents is 2. The number of ether oxygens (including phenoxy) is 1. The van der Waals surface area contributed by atoms with Crippen LogP contribution in [0.3, 0.4) is 0 Å². The zero-order valence-electron chi connectivity index (χ0n) is 34.8. The van der Waals surface area contributed by atoms with Crippen LogP contribution in [0.2, 0.25) is 0 Å². The fourth-order valence-electron chi connectivity index (χ4n) is 11.3. The lowest BCUT2D eigenvalue weighted by molar-refractivity contribution is -0.114. The molecule has 1 spiro atoms. The molecule has 1 aromatic heterocycles. The van der Waals surface area contributed by atoms with Crippen molar-refractivity contribution in [2.75, 3.05) is 12.4 Å². The summed E-state index contributed by atoms with van der Waals surface area (Å²) in [6.45, 7) is 2.54. The number of nitrogens with two attached hydrogens (primary N) is 2. The van der Waals surface area contributed by atoms with E-state index in [9.17, 15) is 19.8 Å². The minimum atomic E-state index is -0.732. The van der Waals surface area contributed by atoms with Gasteiger partial charge in [-0.1, -0.05) is 89.3 Å². The number of phenols is 2. The number of benzene rings is 3. The molecule has 0 radical (unpaired) electrons. The van der Waals surface area contributed by atoms with Gasteiger partial charge >= 0.3 is 0 Å². The van der Waals surface area contributed by atoms with E-state index in [1.165, 1.54) is 6.42 Å². The van der Waals surface area contributed by atoms with Crippen LogP contribution < -0.4 is 16.2 Å². The molecule has 6 unspecified atom stereocenters. The quantitative estimate of drug-likeness (QED) is 0.0588.